The van der Waals surface area contributed by atoms with Gasteiger partial charge in [-0.15, -0.1) is 0 Å². The van der Waals surface area contributed by atoms with E-state index in [-0.39, 0.29) is 56.1 Å². The first-order chi connectivity index (χ1) is 38.6. The number of rotatable bonds is 24. The Hall–Kier alpha value is -7.78. The molecule has 2 aromatic heterocycles. The van der Waals surface area contributed by atoms with Crippen molar-refractivity contribution in [2.75, 3.05) is 46.2 Å². The van der Waals surface area contributed by atoms with E-state index in [9.17, 15) is 52.8 Å². The molecule has 81 heavy (non-hydrogen) atoms. The molecular formula is C53H60FN10O16P. The van der Waals surface area contributed by atoms with E-state index in [1.165, 1.54) is 22.8 Å². The number of carbonyl (C=O) groups is 8. The van der Waals surface area contributed by atoms with Gasteiger partial charge in [-0.3, -0.25) is 48.2 Å². The minimum atomic E-state index is -4.82. The Morgan fingerprint density at radius 3 is 2.31 bits per heavy atom. The number of fused-ring (bicyclic) bond motifs is 5. The molecule has 9 rings (SSSR count). The first kappa shape index (κ1) is 57.9. The molecular weight excluding hydrogens is 1080 g/mol. The first-order valence-electron chi connectivity index (χ1n) is 26.2. The van der Waals surface area contributed by atoms with Crippen molar-refractivity contribution in [2.24, 2.45) is 5.92 Å². The second kappa shape index (κ2) is 24.1. The smallest absolute Gasteiger partial charge is 0.458 e. The lowest BCUT2D eigenvalue weighted by molar-refractivity contribution is -0.172. The molecule has 0 saturated heterocycles. The van der Waals surface area contributed by atoms with E-state index in [1.54, 1.807) is 50.2 Å². The Morgan fingerprint density at radius 2 is 1.62 bits per heavy atom. The maximum atomic E-state index is 15.5. The van der Waals surface area contributed by atoms with Crippen LogP contribution in [0, 0.1) is 18.7 Å². The summed E-state index contributed by atoms with van der Waals surface area (Å²) in [5.41, 5.74) is 1.76. The Kier molecular flexibility index (Phi) is 17.2. The molecule has 5 heterocycles. The highest BCUT2D eigenvalue weighted by Gasteiger charge is 2.46. The topological polar surface area (TPSA) is 364 Å². The van der Waals surface area contributed by atoms with Gasteiger partial charge in [-0.2, -0.15) is 0 Å². The van der Waals surface area contributed by atoms with Crippen LogP contribution < -0.4 is 42.8 Å². The maximum Gasteiger partial charge on any atom is 0.470 e. The summed E-state index contributed by atoms with van der Waals surface area (Å²) in [6, 6.07) is 8.42. The molecule has 0 bridgehead atoms. The Balaban J connectivity index is 0.796. The van der Waals surface area contributed by atoms with E-state index in [2.05, 4.69) is 41.7 Å². The Labute approximate surface area is 461 Å². The van der Waals surface area contributed by atoms with Crippen molar-refractivity contribution in [3.8, 4) is 11.4 Å². The van der Waals surface area contributed by atoms with Gasteiger partial charge in [-0.25, -0.2) is 18.7 Å². The summed E-state index contributed by atoms with van der Waals surface area (Å²) in [6.07, 6.45) is 3.72. The number of esters is 1. The number of phosphoric ester groups is 1. The Bertz CT molecular complexity index is 3370. The summed E-state index contributed by atoms with van der Waals surface area (Å²) in [5.74, 6) is -6.38. The fourth-order valence-corrected chi connectivity index (χ4v) is 10.8. The second-order valence-electron chi connectivity index (χ2n) is 20.2. The summed E-state index contributed by atoms with van der Waals surface area (Å²) < 4.78 is 43.6. The molecule has 28 heteroatoms. The van der Waals surface area contributed by atoms with Crippen molar-refractivity contribution in [1.29, 1.82) is 0 Å². The number of carbonyl (C=O) groups excluding carboxylic acids is 8. The molecule has 0 spiro atoms. The molecule has 4 aromatic rings. The lowest BCUT2D eigenvalue weighted by Crippen LogP contribution is -2.54. The monoisotopic (exact) mass is 1140 g/mol. The number of amides is 7. The van der Waals surface area contributed by atoms with Crippen LogP contribution in [0.1, 0.15) is 77.6 Å². The van der Waals surface area contributed by atoms with E-state index in [0.717, 1.165) is 10.5 Å². The quantitative estimate of drug-likeness (QED) is 0.0153. The molecule has 7 amide bonds. The number of nitrogens with one attached hydrogen (secondary N) is 7. The summed E-state index contributed by atoms with van der Waals surface area (Å²) in [7, 11) is -4.82. The SMILES string of the molecule is CC[C@@]1(O)C(=O)OCc2c1cc1n(c2=O)Cc2c-1nc1cc(F)c(C)c3c1c2[C@@H](NC(=O)[C@H](OCNC(=O)CNC(=O)[C@H](Cc1ccccc1)NC(=O)CNC(=O)CNC(=O)C(CNCOP(=O)(O)O)N1CC=CC1=O)C1CC1)CC3. The van der Waals surface area contributed by atoms with Gasteiger partial charge in [-0.1, -0.05) is 43.3 Å². The fourth-order valence-electron chi connectivity index (χ4n) is 10.6. The van der Waals surface area contributed by atoms with Gasteiger partial charge in [-0.05, 0) is 73.3 Å². The zero-order valence-electron chi connectivity index (χ0n) is 44.0. The number of benzene rings is 2. The lowest BCUT2D eigenvalue weighted by Gasteiger charge is -2.31. The highest BCUT2D eigenvalue weighted by atomic mass is 31.2. The molecule has 3 aliphatic heterocycles. The van der Waals surface area contributed by atoms with Gasteiger partial charge in [0.05, 0.1) is 54.7 Å². The summed E-state index contributed by atoms with van der Waals surface area (Å²) in [6.45, 7) is -0.165. The van der Waals surface area contributed by atoms with E-state index in [0.29, 0.717) is 70.2 Å². The van der Waals surface area contributed by atoms with Gasteiger partial charge in [0, 0.05) is 48.2 Å². The third kappa shape index (κ3) is 12.7. The summed E-state index contributed by atoms with van der Waals surface area (Å²) >= 11 is 0. The number of nitrogens with zero attached hydrogens (tertiary/aromatic N) is 3. The second-order valence-corrected chi connectivity index (χ2v) is 21.5. The molecule has 10 N–H and O–H groups in total. The van der Waals surface area contributed by atoms with Gasteiger partial charge >= 0.3 is 13.8 Å². The number of aromatic nitrogens is 2. The third-order valence-electron chi connectivity index (χ3n) is 15.0. The molecule has 0 radical (unpaired) electrons. The molecule has 1 unspecified atom stereocenters. The van der Waals surface area contributed by atoms with Crippen molar-refractivity contribution >= 4 is 66.0 Å². The summed E-state index contributed by atoms with van der Waals surface area (Å²) in [5, 5.41) is 30.0. The molecule has 430 valence electrons. The molecule has 2 aromatic carbocycles. The van der Waals surface area contributed by atoms with Gasteiger partial charge in [0.25, 0.3) is 5.56 Å². The fraction of sp³-hybridized carbons (Fsp3) is 0.434. The van der Waals surface area contributed by atoms with Crippen LogP contribution in [0.5, 0.6) is 0 Å². The van der Waals surface area contributed by atoms with Crippen molar-refractivity contribution in [3.05, 3.63) is 110 Å². The number of cyclic esters (lactones) is 1. The largest absolute Gasteiger partial charge is 0.470 e. The van der Waals surface area contributed by atoms with Crippen LogP contribution in [0.15, 0.2) is 59.4 Å². The van der Waals surface area contributed by atoms with Gasteiger partial charge in [0.15, 0.2) is 5.60 Å². The predicted molar refractivity (Wildman–Crippen MR) is 281 cm³/mol. The molecule has 5 atom stereocenters. The van der Waals surface area contributed by atoms with Gasteiger partial charge in [0.1, 0.15) is 44.1 Å². The highest BCUT2D eigenvalue weighted by Crippen LogP contribution is 2.46. The van der Waals surface area contributed by atoms with Crippen molar-refractivity contribution < 1.29 is 76.2 Å². The average molecular weight is 1140 g/mol. The Morgan fingerprint density at radius 1 is 0.901 bits per heavy atom. The predicted octanol–water partition coefficient (Wildman–Crippen LogP) is -1.00. The lowest BCUT2D eigenvalue weighted by atomic mass is 9.81. The molecule has 2 aliphatic carbocycles. The number of aliphatic hydroxyl groups is 1. The highest BCUT2D eigenvalue weighted by molar-refractivity contribution is 7.46. The number of phosphoric acid groups is 1. The number of hydrogen-bond acceptors (Lipinski definition) is 16. The standard InChI is InChI=1S/C53H60FN10O16P/c1-3-53(74)33-17-38-46-31(23-64(38)51(72)32(33)24-78-52(53)73)45-35(14-13-30-27(2)34(54)18-36(61-46)44(30)45)62-50(71)47(29-11-12-29)79-26-59-41(66)21-57-48(69)37(16-28-8-5-4-6-9-28)60-42(67)22-56-40(65)20-58-49(70)39(63-15-7-10-43(63)68)19-55-25-80-81(75,76)77/h4-10,17-18,29,35,37,39,47,55,74H,3,11-16,19-26H2,1-2H3,(H,56,65)(H,57,69)(H,58,70)(H,59,66)(H,60,67)(H,62,71)(H2,75,76,77)/t35-,37-,39?,47+,53-/m0/s1. The first-order valence-corrected chi connectivity index (χ1v) is 27.7. The zero-order valence-corrected chi connectivity index (χ0v) is 44.9. The number of halogens is 1. The third-order valence-corrected chi connectivity index (χ3v) is 15.4. The van der Waals surface area contributed by atoms with Gasteiger partial charge < -0.3 is 65.7 Å². The molecule has 1 saturated carbocycles. The van der Waals surface area contributed by atoms with Gasteiger partial charge in [0.2, 0.25) is 41.4 Å². The van der Waals surface area contributed by atoms with Crippen LogP contribution in [0.4, 0.5) is 4.39 Å². The molecule has 1 fully saturated rings. The van der Waals surface area contributed by atoms with Crippen LogP contribution in [0.25, 0.3) is 22.3 Å². The minimum Gasteiger partial charge on any atom is -0.458 e. The van der Waals surface area contributed by atoms with Crippen molar-refractivity contribution in [1.82, 2.24) is 51.7 Å². The number of pyridine rings is 2. The molecule has 5 aliphatic rings. The number of aryl methyl sites for hydroxylation is 1. The van der Waals surface area contributed by atoms with Crippen molar-refractivity contribution in [3.63, 3.8) is 0 Å². The number of hydrogen-bond donors (Lipinski definition) is 10. The van der Waals surface area contributed by atoms with Crippen LogP contribution in [-0.4, -0.2) is 141 Å². The number of ether oxygens (including phenoxy) is 2. The van der Waals surface area contributed by atoms with E-state index >= 15 is 4.39 Å². The van der Waals surface area contributed by atoms with Crippen molar-refractivity contribution in [2.45, 2.75) is 95.4 Å². The maximum absolute atomic E-state index is 15.5. The van der Waals surface area contributed by atoms with Crippen LogP contribution >= 0.6 is 7.82 Å². The van der Waals surface area contributed by atoms with Crippen LogP contribution in [-0.2, 0) is 88.5 Å². The van der Waals surface area contributed by atoms with E-state index < -0.39 is 129 Å². The minimum absolute atomic E-state index is 0.0187. The molecule has 26 nitrogen and oxygen atoms in total. The van der Waals surface area contributed by atoms with Crippen LogP contribution in [0.2, 0.25) is 0 Å². The average Bonchev–Trinajstić information content (AvgIpc) is 4.18. The van der Waals surface area contributed by atoms with E-state index in [1.807, 2.05) is 0 Å². The van der Waals surface area contributed by atoms with Crippen LogP contribution in [0.3, 0.4) is 0 Å². The zero-order chi connectivity index (χ0) is 57.9. The summed E-state index contributed by atoms with van der Waals surface area (Å²) in [4.78, 5) is 143. The normalized spacial score (nSPS) is 18.9. The van der Waals surface area contributed by atoms with E-state index in [4.69, 9.17) is 24.2 Å².